The summed E-state index contributed by atoms with van der Waals surface area (Å²) in [6.45, 7) is 1.40. The SMILES string of the molecule is O=C(CSc1nnnn1C1CCCC1)Nc1cccc(CN2CCCC2=O)c1. The summed E-state index contributed by atoms with van der Waals surface area (Å²) in [6.07, 6.45) is 6.15. The van der Waals surface area contributed by atoms with E-state index in [1.165, 1.54) is 24.6 Å². The quantitative estimate of drug-likeness (QED) is 0.718. The molecule has 1 aliphatic carbocycles. The molecule has 1 saturated carbocycles. The zero-order valence-corrected chi connectivity index (χ0v) is 16.5. The molecule has 2 aliphatic rings. The molecule has 0 unspecified atom stereocenters. The molecule has 2 amide bonds. The van der Waals surface area contributed by atoms with Gasteiger partial charge in [0.15, 0.2) is 0 Å². The lowest BCUT2D eigenvalue weighted by atomic mass is 10.2. The Kier molecular flexibility index (Phi) is 5.90. The molecule has 1 aromatic carbocycles. The number of aromatic nitrogens is 4. The highest BCUT2D eigenvalue weighted by Gasteiger charge is 2.22. The molecule has 1 aliphatic heterocycles. The minimum Gasteiger partial charge on any atom is -0.338 e. The van der Waals surface area contributed by atoms with Crippen LogP contribution in [0.5, 0.6) is 0 Å². The summed E-state index contributed by atoms with van der Waals surface area (Å²) >= 11 is 1.36. The molecule has 0 radical (unpaired) electrons. The lowest BCUT2D eigenvalue weighted by Crippen LogP contribution is -2.24. The first-order valence-electron chi connectivity index (χ1n) is 9.76. The number of benzene rings is 1. The van der Waals surface area contributed by atoms with Gasteiger partial charge in [-0.1, -0.05) is 36.7 Å². The van der Waals surface area contributed by atoms with Crippen molar-refractivity contribution >= 4 is 29.3 Å². The maximum Gasteiger partial charge on any atom is 0.234 e. The van der Waals surface area contributed by atoms with E-state index in [0.717, 1.165) is 37.1 Å². The van der Waals surface area contributed by atoms with E-state index in [9.17, 15) is 9.59 Å². The van der Waals surface area contributed by atoms with E-state index in [0.29, 0.717) is 24.2 Å². The second-order valence-corrected chi connectivity index (χ2v) is 8.24. The van der Waals surface area contributed by atoms with Crippen LogP contribution in [0.4, 0.5) is 5.69 Å². The number of likely N-dealkylation sites (tertiary alicyclic amines) is 1. The average Bonchev–Trinajstić information content (AvgIpc) is 3.43. The Hall–Kier alpha value is -2.42. The molecular weight excluding hydrogens is 376 g/mol. The predicted molar refractivity (Wildman–Crippen MR) is 106 cm³/mol. The van der Waals surface area contributed by atoms with Crippen LogP contribution >= 0.6 is 11.8 Å². The highest BCUT2D eigenvalue weighted by Crippen LogP contribution is 2.31. The van der Waals surface area contributed by atoms with Gasteiger partial charge in [-0.2, -0.15) is 0 Å². The fraction of sp³-hybridized carbons (Fsp3) is 0.526. The summed E-state index contributed by atoms with van der Waals surface area (Å²) in [5.41, 5.74) is 1.76. The van der Waals surface area contributed by atoms with Gasteiger partial charge >= 0.3 is 0 Å². The molecule has 1 aromatic heterocycles. The van der Waals surface area contributed by atoms with Crippen molar-refractivity contribution in [2.24, 2.45) is 0 Å². The van der Waals surface area contributed by atoms with Crippen molar-refractivity contribution < 1.29 is 9.59 Å². The third-order valence-electron chi connectivity index (χ3n) is 5.22. The Morgan fingerprint density at radius 2 is 2.11 bits per heavy atom. The number of thioether (sulfide) groups is 1. The Balaban J connectivity index is 1.31. The van der Waals surface area contributed by atoms with E-state index in [1.54, 1.807) is 0 Å². The highest BCUT2D eigenvalue weighted by molar-refractivity contribution is 7.99. The molecule has 1 saturated heterocycles. The number of carbonyl (C=O) groups is 2. The van der Waals surface area contributed by atoms with Crippen molar-refractivity contribution in [3.63, 3.8) is 0 Å². The van der Waals surface area contributed by atoms with Crippen LogP contribution in [-0.2, 0) is 16.1 Å². The number of tetrazole rings is 1. The number of nitrogens with zero attached hydrogens (tertiary/aromatic N) is 5. The van der Waals surface area contributed by atoms with Crippen LogP contribution in [0.1, 0.15) is 50.1 Å². The molecule has 2 aromatic rings. The fourth-order valence-electron chi connectivity index (χ4n) is 3.82. The van der Waals surface area contributed by atoms with Crippen molar-refractivity contribution in [3.05, 3.63) is 29.8 Å². The molecule has 0 atom stereocenters. The molecule has 28 heavy (non-hydrogen) atoms. The summed E-state index contributed by atoms with van der Waals surface area (Å²) in [4.78, 5) is 26.0. The number of amides is 2. The first-order chi connectivity index (χ1) is 13.7. The highest BCUT2D eigenvalue weighted by atomic mass is 32.2. The largest absolute Gasteiger partial charge is 0.338 e. The minimum atomic E-state index is -0.0969. The summed E-state index contributed by atoms with van der Waals surface area (Å²) in [7, 11) is 0. The van der Waals surface area contributed by atoms with Crippen LogP contribution in [0.15, 0.2) is 29.4 Å². The molecule has 0 bridgehead atoms. The first kappa shape index (κ1) is 18.9. The van der Waals surface area contributed by atoms with Gasteiger partial charge in [-0.25, -0.2) is 4.68 Å². The molecule has 1 N–H and O–H groups in total. The van der Waals surface area contributed by atoms with E-state index in [1.807, 2.05) is 33.8 Å². The Morgan fingerprint density at radius 3 is 2.89 bits per heavy atom. The second-order valence-electron chi connectivity index (χ2n) is 7.30. The summed E-state index contributed by atoms with van der Waals surface area (Å²) < 4.78 is 1.86. The predicted octanol–water partition coefficient (Wildman–Crippen LogP) is 2.64. The van der Waals surface area contributed by atoms with Gasteiger partial charge < -0.3 is 10.2 Å². The Morgan fingerprint density at radius 1 is 1.25 bits per heavy atom. The standard InChI is InChI=1S/C19H24N6O2S/c26-17(13-28-19-21-22-23-25(19)16-7-1-2-8-16)20-15-6-3-5-14(11-15)12-24-10-4-9-18(24)27/h3,5-6,11,16H,1-2,4,7-10,12-13H2,(H,20,26). The number of rotatable bonds is 7. The summed E-state index contributed by atoms with van der Waals surface area (Å²) in [5.74, 6) is 0.355. The molecule has 0 spiro atoms. The number of hydrogen-bond donors (Lipinski definition) is 1. The molecule has 2 fully saturated rings. The third kappa shape index (κ3) is 4.52. The summed E-state index contributed by atoms with van der Waals surface area (Å²) in [5, 5.41) is 15.6. The van der Waals surface area contributed by atoms with Crippen LogP contribution in [-0.4, -0.2) is 49.2 Å². The van der Waals surface area contributed by atoms with Crippen molar-refractivity contribution in [1.82, 2.24) is 25.1 Å². The van der Waals surface area contributed by atoms with Crippen molar-refractivity contribution in [3.8, 4) is 0 Å². The van der Waals surface area contributed by atoms with E-state index in [4.69, 9.17) is 0 Å². The Labute approximate surface area is 168 Å². The van der Waals surface area contributed by atoms with E-state index in [-0.39, 0.29) is 17.6 Å². The minimum absolute atomic E-state index is 0.0969. The molecule has 8 nitrogen and oxygen atoms in total. The van der Waals surface area contributed by atoms with Gasteiger partial charge in [0, 0.05) is 25.2 Å². The van der Waals surface area contributed by atoms with Crippen LogP contribution in [0, 0.1) is 0 Å². The second kappa shape index (κ2) is 8.72. The molecule has 2 heterocycles. The topological polar surface area (TPSA) is 93.0 Å². The molecular formula is C19H24N6O2S. The van der Waals surface area contributed by atoms with Crippen LogP contribution in [0.25, 0.3) is 0 Å². The van der Waals surface area contributed by atoms with Gasteiger partial charge in [-0.15, -0.1) is 5.10 Å². The smallest absolute Gasteiger partial charge is 0.234 e. The van der Waals surface area contributed by atoms with Gasteiger partial charge in [0.05, 0.1) is 11.8 Å². The van der Waals surface area contributed by atoms with E-state index < -0.39 is 0 Å². The van der Waals surface area contributed by atoms with Gasteiger partial charge in [0.2, 0.25) is 17.0 Å². The van der Waals surface area contributed by atoms with Crippen molar-refractivity contribution in [2.75, 3.05) is 17.6 Å². The normalized spacial score (nSPS) is 17.4. The van der Waals surface area contributed by atoms with Crippen LogP contribution < -0.4 is 5.32 Å². The third-order valence-corrected chi connectivity index (χ3v) is 6.15. The number of hydrogen-bond acceptors (Lipinski definition) is 6. The number of anilines is 1. The lowest BCUT2D eigenvalue weighted by molar-refractivity contribution is -0.128. The first-order valence-corrected chi connectivity index (χ1v) is 10.7. The van der Waals surface area contributed by atoms with E-state index >= 15 is 0 Å². The monoisotopic (exact) mass is 400 g/mol. The lowest BCUT2D eigenvalue weighted by Gasteiger charge is -2.16. The number of nitrogens with one attached hydrogen (secondary N) is 1. The number of carbonyl (C=O) groups excluding carboxylic acids is 2. The van der Waals surface area contributed by atoms with Crippen LogP contribution in [0.3, 0.4) is 0 Å². The van der Waals surface area contributed by atoms with Gasteiger partial charge in [0.1, 0.15) is 0 Å². The van der Waals surface area contributed by atoms with Crippen molar-refractivity contribution in [2.45, 2.75) is 56.3 Å². The summed E-state index contributed by atoms with van der Waals surface area (Å²) in [6, 6.07) is 8.02. The Bertz CT molecular complexity index is 848. The van der Waals surface area contributed by atoms with E-state index in [2.05, 4.69) is 20.8 Å². The van der Waals surface area contributed by atoms with Gasteiger partial charge in [-0.3, -0.25) is 9.59 Å². The maximum atomic E-state index is 12.4. The maximum absolute atomic E-state index is 12.4. The zero-order valence-electron chi connectivity index (χ0n) is 15.7. The fourth-order valence-corrected chi connectivity index (χ4v) is 4.57. The van der Waals surface area contributed by atoms with Gasteiger partial charge in [-0.05, 0) is 47.4 Å². The molecule has 4 rings (SSSR count). The van der Waals surface area contributed by atoms with Crippen molar-refractivity contribution in [1.29, 1.82) is 0 Å². The van der Waals surface area contributed by atoms with Crippen LogP contribution in [0.2, 0.25) is 0 Å². The zero-order chi connectivity index (χ0) is 19.3. The van der Waals surface area contributed by atoms with Gasteiger partial charge in [0.25, 0.3) is 0 Å². The molecule has 148 valence electrons. The molecule has 9 heteroatoms. The average molecular weight is 401 g/mol.